The van der Waals surface area contributed by atoms with Crippen LogP contribution in [0, 0.1) is 13.8 Å². The van der Waals surface area contributed by atoms with E-state index >= 15 is 0 Å². The predicted molar refractivity (Wildman–Crippen MR) is 211 cm³/mol. The fourth-order valence-corrected chi connectivity index (χ4v) is 20.4. The number of halogens is 2. The normalized spacial score (nSPS) is 18.0. The van der Waals surface area contributed by atoms with Crippen molar-refractivity contribution in [2.75, 3.05) is 0 Å². The molecule has 48 heavy (non-hydrogen) atoms. The molecule has 4 aromatic rings. The van der Waals surface area contributed by atoms with Gasteiger partial charge in [0.1, 0.15) is 0 Å². The molecule has 4 aromatic carbocycles. The fourth-order valence-electron chi connectivity index (χ4n) is 10.1. The van der Waals surface area contributed by atoms with Crippen molar-refractivity contribution in [2.24, 2.45) is 0 Å². The maximum absolute atomic E-state index is 5.82. The van der Waals surface area contributed by atoms with Crippen molar-refractivity contribution in [1.82, 2.24) is 0 Å². The molecule has 2 saturated carbocycles. The van der Waals surface area contributed by atoms with Gasteiger partial charge in [0.05, 0.1) is 0 Å². The number of rotatable bonds is 6. The van der Waals surface area contributed by atoms with Crippen LogP contribution in [0.2, 0.25) is 0 Å². The summed E-state index contributed by atoms with van der Waals surface area (Å²) in [6.07, 6.45) is 22.7. The predicted octanol–water partition coefficient (Wildman–Crippen LogP) is 11.1. The Hall–Kier alpha value is -2.48. The number of allylic oxidation sites excluding steroid dienone is 4. The van der Waals surface area contributed by atoms with Gasteiger partial charge in [0.2, 0.25) is 0 Å². The van der Waals surface area contributed by atoms with Gasteiger partial charge < -0.3 is 0 Å². The van der Waals surface area contributed by atoms with Gasteiger partial charge in [-0.25, -0.2) is 0 Å². The Labute approximate surface area is 302 Å². The second kappa shape index (κ2) is 14.0. The number of hydrogen-bond donors (Lipinski definition) is 0. The quantitative estimate of drug-likeness (QED) is 0.154. The summed E-state index contributed by atoms with van der Waals surface area (Å²) >= 11 is -4.46. The molecule has 0 amide bonds. The van der Waals surface area contributed by atoms with E-state index in [9.17, 15) is 0 Å². The molecule has 0 aliphatic heterocycles. The minimum atomic E-state index is -4.46. The molecular weight excluding hydrogens is 659 g/mol. The summed E-state index contributed by atoms with van der Waals surface area (Å²) < 4.78 is 6.20. The molecule has 2 fully saturated rings. The van der Waals surface area contributed by atoms with Crippen LogP contribution in [0.3, 0.4) is 0 Å². The molecule has 3 heteroatoms. The van der Waals surface area contributed by atoms with Gasteiger partial charge >= 0.3 is 279 Å². The third kappa shape index (κ3) is 5.60. The Morgan fingerprint density at radius 2 is 1.19 bits per heavy atom. The molecule has 0 saturated heterocycles. The zero-order valence-electron chi connectivity index (χ0n) is 28.9. The number of benzene rings is 4. The molecular formula is C45H52Cl2Ti. The van der Waals surface area contributed by atoms with Crippen LogP contribution in [-0.4, -0.2) is 4.82 Å². The molecule has 0 unspecified atom stereocenters. The summed E-state index contributed by atoms with van der Waals surface area (Å²) in [6, 6.07) is 32.1. The van der Waals surface area contributed by atoms with Crippen LogP contribution in [0.15, 0.2) is 101 Å². The molecule has 8 rings (SSSR count). The molecule has 250 valence electrons. The van der Waals surface area contributed by atoms with Gasteiger partial charge in [-0.05, 0) is 0 Å². The maximum atomic E-state index is 5.82. The summed E-state index contributed by atoms with van der Waals surface area (Å²) in [6.45, 7) is 4.45. The first kappa shape index (κ1) is 35.4. The second-order valence-corrected chi connectivity index (χ2v) is 23.5. The Kier molecular flexibility index (Phi) is 10.3. The molecule has 0 atom stereocenters. The van der Waals surface area contributed by atoms with Crippen molar-refractivity contribution in [3.05, 3.63) is 134 Å². The zero-order valence-corrected chi connectivity index (χ0v) is 32.1. The van der Waals surface area contributed by atoms with Crippen molar-refractivity contribution >= 4 is 41.2 Å². The van der Waals surface area contributed by atoms with Crippen molar-refractivity contribution < 1.29 is 14.8 Å². The molecule has 0 radical (unpaired) electrons. The van der Waals surface area contributed by atoms with E-state index in [2.05, 4.69) is 111 Å². The molecule has 0 spiro atoms. The molecule has 0 aromatic heterocycles. The Balaban J connectivity index is 0.00000201. The van der Waals surface area contributed by atoms with Gasteiger partial charge in [-0.2, -0.15) is 0 Å². The van der Waals surface area contributed by atoms with Crippen LogP contribution in [-0.2, 0) is 21.3 Å². The van der Waals surface area contributed by atoms with E-state index in [1.54, 1.807) is 30.0 Å². The van der Waals surface area contributed by atoms with Crippen molar-refractivity contribution in [3.63, 3.8) is 0 Å². The van der Waals surface area contributed by atoms with Crippen molar-refractivity contribution in [2.45, 2.75) is 103 Å². The van der Waals surface area contributed by atoms with Gasteiger partial charge in [0.25, 0.3) is 0 Å². The third-order valence-corrected chi connectivity index (χ3v) is 23.1. The van der Waals surface area contributed by atoms with Crippen LogP contribution >= 0.6 is 24.8 Å². The summed E-state index contributed by atoms with van der Waals surface area (Å²) in [5.41, 5.74) is 11.9. The summed E-state index contributed by atoms with van der Waals surface area (Å²) in [5, 5.41) is 0. The average Bonchev–Trinajstić information content (AvgIpc) is 3.78. The Morgan fingerprint density at radius 3 is 1.75 bits per heavy atom. The Morgan fingerprint density at radius 1 is 0.625 bits per heavy atom. The summed E-state index contributed by atoms with van der Waals surface area (Å²) in [7, 11) is 0. The van der Waals surface area contributed by atoms with E-state index in [4.69, 9.17) is 4.82 Å². The van der Waals surface area contributed by atoms with Crippen LogP contribution in [0.25, 0.3) is 11.1 Å². The molecule has 4 aliphatic carbocycles. The number of hydrogen-bond acceptors (Lipinski definition) is 0. The minimum absolute atomic E-state index is 0. The van der Waals surface area contributed by atoms with Crippen LogP contribution < -0.4 is 11.6 Å². The SMILES string of the molecule is Cl.Cl.[CH2]=[Ti]([C]1=CC=CC1)([c]1ccc(C)cc1)([c]1ccc(C)cc1)[c]1c(C2CCCCC2)ccc2c1Cc1cc(C3CCCCC3)ccc1-2. The monoisotopic (exact) mass is 710 g/mol. The Bertz CT molecular complexity index is 1860. The van der Waals surface area contributed by atoms with Gasteiger partial charge in [-0.1, -0.05) is 0 Å². The zero-order chi connectivity index (χ0) is 31.3. The van der Waals surface area contributed by atoms with Crippen LogP contribution in [0.1, 0.15) is 116 Å². The number of aryl methyl sites for hydroxylation is 2. The second-order valence-electron chi connectivity index (χ2n) is 15.3. The first-order chi connectivity index (χ1) is 22.4. The molecule has 0 bridgehead atoms. The molecule has 0 N–H and O–H groups in total. The molecule has 0 heterocycles. The summed E-state index contributed by atoms with van der Waals surface area (Å²) in [5.74, 6) is 1.33. The van der Waals surface area contributed by atoms with Gasteiger partial charge in [-0.3, -0.25) is 0 Å². The van der Waals surface area contributed by atoms with E-state index in [1.165, 1.54) is 94.2 Å². The third-order valence-electron chi connectivity index (χ3n) is 12.7. The van der Waals surface area contributed by atoms with E-state index in [0.717, 1.165) is 18.8 Å². The van der Waals surface area contributed by atoms with Crippen LogP contribution in [0.5, 0.6) is 0 Å². The summed E-state index contributed by atoms with van der Waals surface area (Å²) in [4.78, 5) is 5.82. The fraction of sp³-hybridized carbons (Fsp3) is 0.356. The van der Waals surface area contributed by atoms with Gasteiger partial charge in [0.15, 0.2) is 0 Å². The number of fused-ring (bicyclic) bond motifs is 3. The van der Waals surface area contributed by atoms with Crippen molar-refractivity contribution in [3.8, 4) is 11.1 Å². The van der Waals surface area contributed by atoms with Gasteiger partial charge in [-0.15, -0.1) is 24.8 Å². The van der Waals surface area contributed by atoms with Crippen LogP contribution in [0.4, 0.5) is 0 Å². The van der Waals surface area contributed by atoms with E-state index in [0.29, 0.717) is 5.92 Å². The van der Waals surface area contributed by atoms with E-state index in [1.807, 2.05) is 0 Å². The standard InChI is InChI=1S/C25H29.2C7H7.C5H5.CH2.2ClH.Ti/c1-3-7-18(8-4-1)20-11-13-24-22(15-20)17-23-16-21(12-14-25(23)24)19-9-5-2-6-10-19;2*1-7-5-3-2-4-6-7;1-2-4-5-3-1;;;;/h11-15,18-19H,1-10,17H2;2*3-6H,1H3;1-3H,4H2;1H2;2*1H;. The average molecular weight is 712 g/mol. The van der Waals surface area contributed by atoms with Gasteiger partial charge in [0, 0.05) is 0 Å². The van der Waals surface area contributed by atoms with E-state index < -0.39 is 14.8 Å². The molecule has 4 aliphatic rings. The molecule has 0 nitrogen and oxygen atoms in total. The van der Waals surface area contributed by atoms with E-state index in [-0.39, 0.29) is 24.8 Å². The van der Waals surface area contributed by atoms with Crippen molar-refractivity contribution in [1.29, 1.82) is 0 Å². The first-order valence-corrected chi connectivity index (χ1v) is 22.5. The first-order valence-electron chi connectivity index (χ1n) is 18.3. The topological polar surface area (TPSA) is 0 Å².